The van der Waals surface area contributed by atoms with Gasteiger partial charge in [0.1, 0.15) is 4.83 Å². The Bertz CT molecular complexity index is 1670. The van der Waals surface area contributed by atoms with Crippen LogP contribution in [0.25, 0.3) is 37.0 Å². The first kappa shape index (κ1) is 23.0. The molecule has 0 aliphatic heterocycles. The molecule has 3 heterocycles. The highest BCUT2D eigenvalue weighted by molar-refractivity contribution is 7.21. The second-order valence-corrected chi connectivity index (χ2v) is 10.9. The van der Waals surface area contributed by atoms with Crippen LogP contribution in [0.15, 0.2) is 35.1 Å². The average Bonchev–Trinajstić information content (AvgIpc) is 3.48. The van der Waals surface area contributed by atoms with Crippen molar-refractivity contribution in [3.63, 3.8) is 0 Å². The second kappa shape index (κ2) is 8.90. The molecule has 0 fully saturated rings. The third kappa shape index (κ3) is 3.57. The molecule has 0 radical (unpaired) electrons. The standard InChI is InChI=1S/C27H25N3O4S2/c1-14-9-10-21-17(11-14)28-27(36-21)30-24(15-12-18(32-2)23(34-4)19(13-15)33-3)29-25-22(26(30)31)16-7-5-6-8-20(16)35-25/h9-13H,5-8H2,1-4H3. The first-order valence-corrected chi connectivity index (χ1v) is 13.4. The van der Waals surface area contributed by atoms with Gasteiger partial charge in [0.25, 0.3) is 5.56 Å². The molecular formula is C27H25N3O4S2. The lowest BCUT2D eigenvalue weighted by atomic mass is 9.97. The number of ether oxygens (including phenoxy) is 3. The van der Waals surface area contributed by atoms with Crippen LogP contribution in [0, 0.1) is 6.92 Å². The molecule has 0 amide bonds. The minimum Gasteiger partial charge on any atom is -0.493 e. The van der Waals surface area contributed by atoms with Crippen LogP contribution in [-0.2, 0) is 12.8 Å². The van der Waals surface area contributed by atoms with Gasteiger partial charge in [0.2, 0.25) is 5.75 Å². The smallest absolute Gasteiger partial charge is 0.269 e. The fourth-order valence-corrected chi connectivity index (χ4v) is 7.11. The number of aryl methyl sites for hydroxylation is 3. The van der Waals surface area contributed by atoms with Gasteiger partial charge in [0.05, 0.1) is 36.9 Å². The molecule has 1 aliphatic carbocycles. The number of methoxy groups -OCH3 is 3. The van der Waals surface area contributed by atoms with Crippen molar-refractivity contribution in [1.82, 2.24) is 14.5 Å². The maximum atomic E-state index is 14.2. The fraction of sp³-hybridized carbons (Fsp3) is 0.296. The molecule has 184 valence electrons. The molecular weight excluding hydrogens is 494 g/mol. The molecule has 3 aromatic heterocycles. The summed E-state index contributed by atoms with van der Waals surface area (Å²) in [5.41, 5.74) is 3.74. The Balaban J connectivity index is 1.70. The third-order valence-corrected chi connectivity index (χ3v) is 8.84. The van der Waals surface area contributed by atoms with E-state index in [2.05, 4.69) is 6.07 Å². The number of nitrogens with zero attached hydrogens (tertiary/aromatic N) is 3. The Morgan fingerprint density at radius 1 is 0.917 bits per heavy atom. The lowest BCUT2D eigenvalue weighted by Crippen LogP contribution is -2.22. The van der Waals surface area contributed by atoms with Gasteiger partial charge in [-0.25, -0.2) is 14.5 Å². The average molecular weight is 520 g/mol. The summed E-state index contributed by atoms with van der Waals surface area (Å²) < 4.78 is 19.4. The summed E-state index contributed by atoms with van der Waals surface area (Å²) in [6, 6.07) is 9.81. The van der Waals surface area contributed by atoms with Gasteiger partial charge >= 0.3 is 0 Å². The quantitative estimate of drug-likeness (QED) is 0.286. The van der Waals surface area contributed by atoms with Crippen LogP contribution >= 0.6 is 22.7 Å². The van der Waals surface area contributed by atoms with Crippen LogP contribution < -0.4 is 19.8 Å². The molecule has 0 atom stereocenters. The number of aromatic nitrogens is 3. The summed E-state index contributed by atoms with van der Waals surface area (Å²) in [4.78, 5) is 26.2. The van der Waals surface area contributed by atoms with E-state index in [1.807, 2.05) is 31.2 Å². The Hall–Kier alpha value is -3.43. The normalized spacial score (nSPS) is 13.2. The van der Waals surface area contributed by atoms with E-state index in [0.717, 1.165) is 57.2 Å². The minimum atomic E-state index is -0.0843. The van der Waals surface area contributed by atoms with Crippen molar-refractivity contribution in [2.75, 3.05) is 21.3 Å². The van der Waals surface area contributed by atoms with Gasteiger partial charge < -0.3 is 14.2 Å². The zero-order valence-corrected chi connectivity index (χ0v) is 22.1. The number of thiazole rings is 1. The van der Waals surface area contributed by atoms with Crippen molar-refractivity contribution in [2.24, 2.45) is 0 Å². The van der Waals surface area contributed by atoms with Gasteiger partial charge in [-0.3, -0.25) is 4.79 Å². The van der Waals surface area contributed by atoms with Crippen LogP contribution in [0.3, 0.4) is 0 Å². The predicted molar refractivity (Wildman–Crippen MR) is 145 cm³/mol. The molecule has 7 nitrogen and oxygen atoms in total. The molecule has 1 aliphatic rings. The molecule has 5 aromatic rings. The highest BCUT2D eigenvalue weighted by Crippen LogP contribution is 2.42. The zero-order valence-electron chi connectivity index (χ0n) is 20.5. The number of rotatable bonds is 5. The van der Waals surface area contributed by atoms with E-state index in [4.69, 9.17) is 24.2 Å². The lowest BCUT2D eigenvalue weighted by molar-refractivity contribution is 0.324. The Kier molecular flexibility index (Phi) is 5.69. The Morgan fingerprint density at radius 2 is 1.67 bits per heavy atom. The maximum absolute atomic E-state index is 14.2. The summed E-state index contributed by atoms with van der Waals surface area (Å²) >= 11 is 3.12. The molecule has 0 bridgehead atoms. The van der Waals surface area contributed by atoms with E-state index in [1.54, 1.807) is 37.2 Å². The molecule has 9 heteroatoms. The minimum absolute atomic E-state index is 0.0843. The van der Waals surface area contributed by atoms with E-state index in [-0.39, 0.29) is 5.56 Å². The van der Waals surface area contributed by atoms with E-state index >= 15 is 0 Å². The number of fused-ring (bicyclic) bond motifs is 4. The summed E-state index contributed by atoms with van der Waals surface area (Å²) in [5.74, 6) is 1.98. The molecule has 0 saturated carbocycles. The van der Waals surface area contributed by atoms with Crippen LogP contribution in [0.5, 0.6) is 17.2 Å². The van der Waals surface area contributed by atoms with E-state index < -0.39 is 0 Å². The van der Waals surface area contributed by atoms with E-state index in [1.165, 1.54) is 16.2 Å². The van der Waals surface area contributed by atoms with E-state index in [0.29, 0.717) is 33.8 Å². The molecule has 0 N–H and O–H groups in total. The number of thiophene rings is 1. The zero-order chi connectivity index (χ0) is 25.0. The monoisotopic (exact) mass is 519 g/mol. The molecule has 0 saturated heterocycles. The van der Waals surface area contributed by atoms with Crippen LogP contribution in [0.4, 0.5) is 0 Å². The van der Waals surface area contributed by atoms with Gasteiger partial charge in [0, 0.05) is 10.4 Å². The predicted octanol–water partition coefficient (Wildman–Crippen LogP) is 5.94. The summed E-state index contributed by atoms with van der Waals surface area (Å²) in [6.45, 7) is 2.04. The van der Waals surface area contributed by atoms with Crippen molar-refractivity contribution < 1.29 is 14.2 Å². The highest BCUT2D eigenvalue weighted by atomic mass is 32.1. The van der Waals surface area contributed by atoms with Crippen molar-refractivity contribution in [3.05, 3.63) is 56.7 Å². The van der Waals surface area contributed by atoms with Crippen molar-refractivity contribution >= 4 is 43.1 Å². The summed E-state index contributed by atoms with van der Waals surface area (Å²) in [5, 5.41) is 1.32. The summed E-state index contributed by atoms with van der Waals surface area (Å²) in [6.07, 6.45) is 4.14. The first-order chi connectivity index (χ1) is 17.5. The number of hydrogen-bond acceptors (Lipinski definition) is 8. The Morgan fingerprint density at radius 3 is 2.39 bits per heavy atom. The van der Waals surface area contributed by atoms with Gasteiger partial charge in [-0.15, -0.1) is 11.3 Å². The van der Waals surface area contributed by atoms with Crippen molar-refractivity contribution in [2.45, 2.75) is 32.6 Å². The maximum Gasteiger partial charge on any atom is 0.269 e. The molecule has 36 heavy (non-hydrogen) atoms. The van der Waals surface area contributed by atoms with Crippen LogP contribution in [0.2, 0.25) is 0 Å². The van der Waals surface area contributed by atoms with Gasteiger partial charge in [-0.2, -0.15) is 0 Å². The van der Waals surface area contributed by atoms with Crippen LogP contribution in [-0.4, -0.2) is 35.9 Å². The first-order valence-electron chi connectivity index (χ1n) is 11.8. The second-order valence-electron chi connectivity index (χ2n) is 8.85. The topological polar surface area (TPSA) is 75.5 Å². The summed E-state index contributed by atoms with van der Waals surface area (Å²) in [7, 11) is 4.72. The molecule has 2 aromatic carbocycles. The van der Waals surface area contributed by atoms with Crippen LogP contribution in [0.1, 0.15) is 28.8 Å². The fourth-order valence-electron chi connectivity index (χ4n) is 4.91. The lowest BCUT2D eigenvalue weighted by Gasteiger charge is -2.16. The highest BCUT2D eigenvalue weighted by Gasteiger charge is 2.26. The van der Waals surface area contributed by atoms with Gasteiger partial charge in [0.15, 0.2) is 22.5 Å². The largest absolute Gasteiger partial charge is 0.493 e. The SMILES string of the molecule is COc1cc(-c2nc3sc4c(c3c(=O)n2-c2nc3cc(C)ccc3s2)CCCC4)cc(OC)c1OC. The third-order valence-electron chi connectivity index (χ3n) is 6.63. The van der Waals surface area contributed by atoms with E-state index in [9.17, 15) is 4.79 Å². The molecule has 6 rings (SSSR count). The Labute approximate surface area is 215 Å². The number of hydrogen-bond donors (Lipinski definition) is 0. The van der Waals surface area contributed by atoms with Crippen molar-refractivity contribution in [1.29, 1.82) is 0 Å². The molecule has 0 unspecified atom stereocenters. The molecule has 0 spiro atoms. The van der Waals surface area contributed by atoms with Gasteiger partial charge in [-0.1, -0.05) is 17.4 Å². The number of benzene rings is 2. The van der Waals surface area contributed by atoms with Gasteiger partial charge in [-0.05, 0) is 68.0 Å². The van der Waals surface area contributed by atoms with Crippen molar-refractivity contribution in [3.8, 4) is 33.8 Å².